The lowest BCUT2D eigenvalue weighted by atomic mass is 9.91. The zero-order chi connectivity index (χ0) is 23.4. The summed E-state index contributed by atoms with van der Waals surface area (Å²) in [7, 11) is 3.40. The summed E-state index contributed by atoms with van der Waals surface area (Å²) < 4.78 is 4.94. The van der Waals surface area contributed by atoms with Gasteiger partial charge in [0.05, 0.1) is 23.9 Å². The fourth-order valence-corrected chi connectivity index (χ4v) is 4.21. The van der Waals surface area contributed by atoms with Crippen molar-refractivity contribution in [3.05, 3.63) is 48.0 Å². The van der Waals surface area contributed by atoms with Crippen LogP contribution in [0.4, 0.5) is 5.69 Å². The van der Waals surface area contributed by atoms with E-state index in [4.69, 9.17) is 4.74 Å². The summed E-state index contributed by atoms with van der Waals surface area (Å²) in [4.78, 5) is 47.3. The number of nitrogens with one attached hydrogen (secondary N) is 2. The van der Waals surface area contributed by atoms with E-state index in [1.54, 1.807) is 0 Å². The first kappa shape index (κ1) is 22.8. The molecule has 2 amide bonds. The number of ether oxygens (including phenoxy) is 1. The van der Waals surface area contributed by atoms with Gasteiger partial charge in [-0.05, 0) is 43.7 Å². The summed E-state index contributed by atoms with van der Waals surface area (Å²) in [6, 6.07) is 5.74. The second-order valence-corrected chi connectivity index (χ2v) is 8.82. The van der Waals surface area contributed by atoms with E-state index >= 15 is 0 Å². The minimum Gasteiger partial charge on any atom is -0.465 e. The first-order chi connectivity index (χ1) is 15.9. The number of rotatable bonds is 7. The highest BCUT2D eigenvalue weighted by Gasteiger charge is 2.51. The fourth-order valence-electron chi connectivity index (χ4n) is 4.21. The molecular weight excluding hydrogens is 421 g/mol. The molecule has 2 fully saturated rings. The number of nitrogens with zero attached hydrogens (tertiary/aromatic N) is 3. The molecule has 2 N–H and O–H groups in total. The summed E-state index contributed by atoms with van der Waals surface area (Å²) in [5, 5.41) is 5.88. The quantitative estimate of drug-likeness (QED) is 0.445. The Balaban J connectivity index is 1.29. The van der Waals surface area contributed by atoms with Gasteiger partial charge in [0.25, 0.3) is 5.91 Å². The molecule has 0 unspecified atom stereocenters. The van der Waals surface area contributed by atoms with Crippen molar-refractivity contribution in [3.8, 4) is 0 Å². The molecule has 1 aliphatic carbocycles. The normalized spacial score (nSPS) is 17.2. The van der Waals surface area contributed by atoms with Crippen LogP contribution in [0, 0.1) is 5.92 Å². The van der Waals surface area contributed by atoms with E-state index in [0.717, 1.165) is 37.1 Å². The molecular formula is C23H28BN5O4. The third-order valence-corrected chi connectivity index (χ3v) is 6.43. The maximum atomic E-state index is 12.8. The van der Waals surface area contributed by atoms with Gasteiger partial charge in [-0.1, -0.05) is 11.5 Å². The third-order valence-electron chi connectivity index (χ3n) is 6.43. The molecule has 2 aromatic rings. The molecule has 0 atom stereocenters. The zero-order valence-corrected chi connectivity index (χ0v) is 19.0. The van der Waals surface area contributed by atoms with Crippen LogP contribution in [0.2, 0.25) is 0 Å². The smallest absolute Gasteiger partial charge is 0.339 e. The van der Waals surface area contributed by atoms with Gasteiger partial charge in [-0.3, -0.25) is 9.59 Å². The minimum absolute atomic E-state index is 0.137. The molecule has 2 aliphatic rings. The zero-order valence-electron chi connectivity index (χ0n) is 19.0. The van der Waals surface area contributed by atoms with Crippen molar-refractivity contribution >= 4 is 36.8 Å². The lowest BCUT2D eigenvalue weighted by Crippen LogP contribution is -2.50. The minimum atomic E-state index is -0.829. The lowest BCUT2D eigenvalue weighted by molar-refractivity contribution is -0.124. The number of anilines is 1. The first-order valence-electron chi connectivity index (χ1n) is 11.2. The summed E-state index contributed by atoms with van der Waals surface area (Å²) in [5.74, 6) is -0.471. The van der Waals surface area contributed by atoms with Crippen molar-refractivity contribution in [2.75, 3.05) is 31.6 Å². The van der Waals surface area contributed by atoms with Gasteiger partial charge in [0.1, 0.15) is 19.7 Å². The third kappa shape index (κ3) is 5.15. The molecule has 1 saturated carbocycles. The van der Waals surface area contributed by atoms with Crippen molar-refractivity contribution in [2.24, 2.45) is 5.92 Å². The van der Waals surface area contributed by atoms with E-state index < -0.39 is 5.54 Å². The molecule has 9 nitrogen and oxygen atoms in total. The number of piperidine rings is 1. The second kappa shape index (κ2) is 9.60. The van der Waals surface area contributed by atoms with Crippen LogP contribution < -0.4 is 21.0 Å². The van der Waals surface area contributed by atoms with Gasteiger partial charge in [0.15, 0.2) is 0 Å². The molecule has 0 spiro atoms. The van der Waals surface area contributed by atoms with Crippen LogP contribution >= 0.6 is 0 Å². The number of hydrogen-bond acceptors (Lipinski definition) is 7. The van der Waals surface area contributed by atoms with Gasteiger partial charge in [-0.2, -0.15) is 0 Å². The average molecular weight is 449 g/mol. The Kier molecular flexibility index (Phi) is 6.62. The van der Waals surface area contributed by atoms with Gasteiger partial charge < -0.3 is 20.3 Å². The number of aromatic nitrogens is 2. The van der Waals surface area contributed by atoms with Crippen LogP contribution in [0.5, 0.6) is 0 Å². The molecule has 1 aromatic carbocycles. The van der Waals surface area contributed by atoms with Crippen LogP contribution in [0.3, 0.4) is 0 Å². The molecule has 1 aromatic heterocycles. The van der Waals surface area contributed by atoms with Crippen LogP contribution in [-0.4, -0.2) is 67.9 Å². The van der Waals surface area contributed by atoms with Gasteiger partial charge in [0, 0.05) is 32.0 Å². The summed E-state index contributed by atoms with van der Waals surface area (Å²) >= 11 is 0. The van der Waals surface area contributed by atoms with Gasteiger partial charge in [-0.25, -0.2) is 14.8 Å². The second-order valence-electron chi connectivity index (χ2n) is 8.82. The Morgan fingerprint density at radius 2 is 1.88 bits per heavy atom. The Bertz CT molecular complexity index is 1040. The standard InChI is InChI=1S/C23H28BN5O4/c1-33-21(31)18-3-2-17(24)10-19(18)29-8-4-15(5-9-29)11-27-22(32)23(6-7-23)28-20(30)16-12-25-14-26-13-16/h2-3,10,12-15H,4-9,11,24H2,1H3,(H,27,32)(H,28,30). The number of carbonyl (C=O) groups excluding carboxylic acids is 3. The molecule has 10 heteroatoms. The average Bonchev–Trinajstić information content (AvgIpc) is 3.63. The predicted molar refractivity (Wildman–Crippen MR) is 125 cm³/mol. The highest BCUT2D eigenvalue weighted by Crippen LogP contribution is 2.36. The van der Waals surface area contributed by atoms with Crippen molar-refractivity contribution in [3.63, 3.8) is 0 Å². The molecule has 0 bridgehead atoms. The van der Waals surface area contributed by atoms with Crippen LogP contribution in [-0.2, 0) is 9.53 Å². The number of esters is 1. The fraction of sp³-hybridized carbons (Fsp3) is 0.435. The molecule has 0 radical (unpaired) electrons. The molecule has 33 heavy (non-hydrogen) atoms. The van der Waals surface area contributed by atoms with Gasteiger partial charge in [-0.15, -0.1) is 0 Å². The monoisotopic (exact) mass is 449 g/mol. The Morgan fingerprint density at radius 3 is 2.52 bits per heavy atom. The van der Waals surface area contributed by atoms with Crippen LogP contribution in [0.15, 0.2) is 36.9 Å². The number of hydrogen-bond donors (Lipinski definition) is 2. The number of benzene rings is 1. The Labute approximate surface area is 193 Å². The van der Waals surface area contributed by atoms with E-state index in [2.05, 4.69) is 25.5 Å². The van der Waals surface area contributed by atoms with Crippen LogP contribution in [0.25, 0.3) is 0 Å². The van der Waals surface area contributed by atoms with E-state index in [1.165, 1.54) is 25.8 Å². The van der Waals surface area contributed by atoms with E-state index in [0.29, 0.717) is 36.4 Å². The van der Waals surface area contributed by atoms with Crippen LogP contribution in [0.1, 0.15) is 46.4 Å². The molecule has 4 rings (SSSR count). The Morgan fingerprint density at radius 1 is 1.18 bits per heavy atom. The summed E-state index contributed by atoms with van der Waals surface area (Å²) in [5.41, 5.74) is 2.07. The highest BCUT2D eigenvalue weighted by atomic mass is 16.5. The molecule has 2 heterocycles. The molecule has 172 valence electrons. The first-order valence-corrected chi connectivity index (χ1v) is 11.2. The summed E-state index contributed by atoms with van der Waals surface area (Å²) in [6.07, 6.45) is 7.27. The lowest BCUT2D eigenvalue weighted by Gasteiger charge is -2.35. The van der Waals surface area contributed by atoms with Gasteiger partial charge in [0.2, 0.25) is 5.91 Å². The highest BCUT2D eigenvalue weighted by molar-refractivity contribution is 6.32. The SMILES string of the molecule is Bc1ccc(C(=O)OC)c(N2CCC(CNC(=O)C3(NC(=O)c4cncnc4)CC3)CC2)c1. The van der Waals surface area contributed by atoms with Crippen molar-refractivity contribution in [2.45, 2.75) is 31.2 Å². The van der Waals surface area contributed by atoms with E-state index in [9.17, 15) is 14.4 Å². The topological polar surface area (TPSA) is 114 Å². The van der Waals surface area contributed by atoms with Crippen molar-refractivity contribution < 1.29 is 19.1 Å². The number of amides is 2. The number of methoxy groups -OCH3 is 1. The predicted octanol–water partition coefficient (Wildman–Crippen LogP) is -0.183. The molecule has 1 aliphatic heterocycles. The molecule has 1 saturated heterocycles. The largest absolute Gasteiger partial charge is 0.465 e. The van der Waals surface area contributed by atoms with E-state index in [1.807, 2.05) is 26.0 Å². The van der Waals surface area contributed by atoms with Gasteiger partial charge >= 0.3 is 5.97 Å². The number of carbonyl (C=O) groups is 3. The van der Waals surface area contributed by atoms with E-state index in [-0.39, 0.29) is 17.8 Å². The van der Waals surface area contributed by atoms with Crippen molar-refractivity contribution in [1.82, 2.24) is 20.6 Å². The summed E-state index contributed by atoms with van der Waals surface area (Å²) in [6.45, 7) is 2.16. The maximum absolute atomic E-state index is 12.8. The van der Waals surface area contributed by atoms with Crippen molar-refractivity contribution in [1.29, 1.82) is 0 Å². The Hall–Kier alpha value is -3.43. The maximum Gasteiger partial charge on any atom is 0.339 e.